The number of carbonyl (C=O) groups excluding carboxylic acids is 1. The standard InChI is InChI=1S/C19H20F6N8O3/c20-18(21,22)12-9-13(28-27-12)31-2-4-32(5-3-31)14(34)1-7-36-8-6-33-11-10-26-29-17(35)15(11)16(30-33)19(23,24)25/h9-10H,1-8H2,(H,27,28)(H,29,35). The summed E-state index contributed by atoms with van der Waals surface area (Å²) in [6, 6.07) is 0.915. The van der Waals surface area contributed by atoms with Crippen LogP contribution < -0.4 is 10.5 Å². The van der Waals surface area contributed by atoms with Crippen molar-refractivity contribution in [2.24, 2.45) is 0 Å². The molecule has 0 aromatic carbocycles. The minimum Gasteiger partial charge on any atom is -0.379 e. The van der Waals surface area contributed by atoms with Gasteiger partial charge < -0.3 is 14.5 Å². The molecule has 36 heavy (non-hydrogen) atoms. The predicted octanol–water partition coefficient (Wildman–Crippen LogP) is 1.64. The summed E-state index contributed by atoms with van der Waals surface area (Å²) in [6.45, 7) is 1.00. The van der Waals surface area contributed by atoms with Gasteiger partial charge in [-0.3, -0.25) is 19.4 Å². The van der Waals surface area contributed by atoms with Crippen LogP contribution in [0.1, 0.15) is 17.8 Å². The van der Waals surface area contributed by atoms with Crippen LogP contribution in [0.25, 0.3) is 10.9 Å². The van der Waals surface area contributed by atoms with Gasteiger partial charge in [0.2, 0.25) is 5.91 Å². The third kappa shape index (κ3) is 5.44. The van der Waals surface area contributed by atoms with E-state index in [1.807, 2.05) is 10.2 Å². The number of aromatic nitrogens is 6. The number of carbonyl (C=O) groups is 1. The monoisotopic (exact) mass is 522 g/mol. The molecule has 2 N–H and O–H groups in total. The van der Waals surface area contributed by atoms with Gasteiger partial charge in [0.1, 0.15) is 11.1 Å². The Hall–Kier alpha value is -3.63. The zero-order valence-electron chi connectivity index (χ0n) is 18.5. The second-order valence-electron chi connectivity index (χ2n) is 7.90. The van der Waals surface area contributed by atoms with Gasteiger partial charge in [-0.1, -0.05) is 0 Å². The van der Waals surface area contributed by atoms with E-state index in [0.717, 1.165) is 16.9 Å². The van der Waals surface area contributed by atoms with E-state index in [9.17, 15) is 35.9 Å². The van der Waals surface area contributed by atoms with Crippen LogP contribution in [-0.2, 0) is 28.4 Å². The predicted molar refractivity (Wildman–Crippen MR) is 111 cm³/mol. The Labute approximate surface area is 198 Å². The first-order valence-electron chi connectivity index (χ1n) is 10.7. The molecule has 17 heteroatoms. The number of fused-ring (bicyclic) bond motifs is 1. The minimum atomic E-state index is -4.83. The van der Waals surface area contributed by atoms with E-state index in [1.54, 1.807) is 9.80 Å². The van der Waals surface area contributed by atoms with Crippen molar-refractivity contribution >= 4 is 22.6 Å². The molecule has 0 radical (unpaired) electrons. The van der Waals surface area contributed by atoms with Gasteiger partial charge in [-0.25, -0.2) is 5.10 Å². The molecule has 3 aromatic rings. The average Bonchev–Trinajstić information content (AvgIpc) is 3.45. The largest absolute Gasteiger partial charge is 0.435 e. The Morgan fingerprint density at radius 3 is 2.39 bits per heavy atom. The topological polar surface area (TPSA) is 125 Å². The summed E-state index contributed by atoms with van der Waals surface area (Å²) in [5.74, 6) is -0.0814. The van der Waals surface area contributed by atoms with Crippen molar-refractivity contribution in [1.29, 1.82) is 0 Å². The number of hydrogen-bond acceptors (Lipinski definition) is 7. The zero-order valence-corrected chi connectivity index (χ0v) is 18.5. The van der Waals surface area contributed by atoms with Crippen molar-refractivity contribution in [3.63, 3.8) is 0 Å². The summed E-state index contributed by atoms with van der Waals surface area (Å²) >= 11 is 0. The van der Waals surface area contributed by atoms with E-state index in [4.69, 9.17) is 4.74 Å². The molecule has 1 aliphatic rings. The maximum absolute atomic E-state index is 13.2. The molecule has 0 atom stereocenters. The van der Waals surface area contributed by atoms with Crippen molar-refractivity contribution in [3.8, 4) is 0 Å². The average molecular weight is 522 g/mol. The maximum atomic E-state index is 13.2. The van der Waals surface area contributed by atoms with Gasteiger partial charge in [-0.2, -0.15) is 41.6 Å². The van der Waals surface area contributed by atoms with Crippen LogP contribution in [-0.4, -0.2) is 80.4 Å². The first-order chi connectivity index (χ1) is 16.9. The van der Waals surface area contributed by atoms with Crippen molar-refractivity contribution in [3.05, 3.63) is 34.0 Å². The summed E-state index contributed by atoms with van der Waals surface area (Å²) in [6.07, 6.45) is -8.28. The number of amides is 1. The fourth-order valence-electron chi connectivity index (χ4n) is 3.78. The number of hydrogen-bond donors (Lipinski definition) is 2. The molecule has 0 unspecified atom stereocenters. The molecule has 0 bridgehead atoms. The Balaban J connectivity index is 1.23. The fraction of sp³-hybridized carbons (Fsp3) is 0.526. The third-order valence-corrected chi connectivity index (χ3v) is 5.57. The summed E-state index contributed by atoms with van der Waals surface area (Å²) in [4.78, 5) is 27.4. The highest BCUT2D eigenvalue weighted by atomic mass is 19.4. The van der Waals surface area contributed by atoms with E-state index in [0.29, 0.717) is 13.1 Å². The molecule has 196 valence electrons. The highest BCUT2D eigenvalue weighted by Gasteiger charge is 2.38. The first kappa shape index (κ1) is 25.5. The second kappa shape index (κ2) is 9.79. The van der Waals surface area contributed by atoms with Crippen LogP contribution in [0.3, 0.4) is 0 Å². The quantitative estimate of drug-likeness (QED) is 0.357. The second-order valence-corrected chi connectivity index (χ2v) is 7.90. The van der Waals surface area contributed by atoms with Gasteiger partial charge in [0, 0.05) is 32.2 Å². The number of piperazine rings is 1. The lowest BCUT2D eigenvalue weighted by Gasteiger charge is -2.34. The lowest BCUT2D eigenvalue weighted by Crippen LogP contribution is -2.49. The number of H-pyrrole nitrogens is 2. The van der Waals surface area contributed by atoms with Crippen LogP contribution >= 0.6 is 0 Å². The smallest absolute Gasteiger partial charge is 0.379 e. The molecule has 1 saturated heterocycles. The molecule has 4 heterocycles. The molecule has 0 spiro atoms. The Kier molecular flexibility index (Phi) is 6.92. The highest BCUT2D eigenvalue weighted by Crippen LogP contribution is 2.32. The summed E-state index contributed by atoms with van der Waals surface area (Å²) < 4.78 is 84.1. The number of alkyl halides is 6. The van der Waals surface area contributed by atoms with E-state index in [2.05, 4.69) is 15.3 Å². The van der Waals surface area contributed by atoms with Gasteiger partial charge in [-0.05, 0) is 0 Å². The van der Waals surface area contributed by atoms with Gasteiger partial charge >= 0.3 is 12.4 Å². The van der Waals surface area contributed by atoms with Gasteiger partial charge in [0.25, 0.3) is 5.56 Å². The molecular weight excluding hydrogens is 502 g/mol. The molecule has 0 saturated carbocycles. The molecule has 11 nitrogen and oxygen atoms in total. The number of aromatic amines is 2. The minimum absolute atomic E-state index is 0.00246. The molecule has 4 rings (SSSR count). The normalized spacial score (nSPS) is 15.2. The molecule has 1 fully saturated rings. The molecule has 1 amide bonds. The van der Waals surface area contributed by atoms with Gasteiger partial charge in [0.05, 0.1) is 37.9 Å². The molecule has 3 aromatic heterocycles. The van der Waals surface area contributed by atoms with E-state index in [1.165, 1.54) is 0 Å². The van der Waals surface area contributed by atoms with Crippen LogP contribution in [0.4, 0.5) is 32.2 Å². The summed E-state index contributed by atoms with van der Waals surface area (Å²) in [5, 5.41) is 14.0. The number of anilines is 1. The number of nitrogens with one attached hydrogen (secondary N) is 2. The third-order valence-electron chi connectivity index (χ3n) is 5.57. The highest BCUT2D eigenvalue weighted by molar-refractivity contribution is 5.80. The molecular formula is C19H20F6N8O3. The number of nitrogens with zero attached hydrogens (tertiary/aromatic N) is 6. The van der Waals surface area contributed by atoms with Crippen molar-refractivity contribution in [2.75, 3.05) is 44.3 Å². The Bertz CT molecular complexity index is 1270. The van der Waals surface area contributed by atoms with E-state index in [-0.39, 0.29) is 56.5 Å². The van der Waals surface area contributed by atoms with Crippen molar-refractivity contribution in [1.82, 2.24) is 35.1 Å². The molecule has 1 aliphatic heterocycles. The van der Waals surface area contributed by atoms with Crippen molar-refractivity contribution < 1.29 is 35.9 Å². The zero-order chi connectivity index (χ0) is 26.1. The number of halogens is 6. The lowest BCUT2D eigenvalue weighted by atomic mass is 10.2. The maximum Gasteiger partial charge on any atom is 0.435 e. The van der Waals surface area contributed by atoms with Gasteiger partial charge in [0.15, 0.2) is 11.5 Å². The fourth-order valence-corrected chi connectivity index (χ4v) is 3.78. The van der Waals surface area contributed by atoms with Crippen LogP contribution in [0.5, 0.6) is 0 Å². The van der Waals surface area contributed by atoms with Crippen molar-refractivity contribution in [2.45, 2.75) is 25.3 Å². The summed E-state index contributed by atoms with van der Waals surface area (Å²) in [5.41, 5.74) is -3.37. The number of rotatable bonds is 7. The Morgan fingerprint density at radius 1 is 1.03 bits per heavy atom. The first-order valence-corrected chi connectivity index (χ1v) is 10.7. The van der Waals surface area contributed by atoms with Crippen LogP contribution in [0.2, 0.25) is 0 Å². The van der Waals surface area contributed by atoms with E-state index >= 15 is 0 Å². The van der Waals surface area contributed by atoms with Crippen LogP contribution in [0, 0.1) is 0 Å². The molecule has 0 aliphatic carbocycles. The Morgan fingerprint density at radius 2 is 1.75 bits per heavy atom. The van der Waals surface area contributed by atoms with E-state index < -0.39 is 34.7 Å². The summed E-state index contributed by atoms with van der Waals surface area (Å²) in [7, 11) is 0. The van der Waals surface area contributed by atoms with Crippen LogP contribution in [0.15, 0.2) is 17.1 Å². The van der Waals surface area contributed by atoms with Gasteiger partial charge in [-0.15, -0.1) is 0 Å². The SMILES string of the molecule is O=C(CCOCCn1nc(C(F)(F)F)c2c(=O)[nH]ncc21)N1CCN(c2cc(C(F)(F)F)[nH]n2)CC1. The number of ether oxygens (including phenoxy) is 1. The lowest BCUT2D eigenvalue weighted by molar-refractivity contribution is -0.141.